The molecule has 2 aliphatic rings. The van der Waals surface area contributed by atoms with Gasteiger partial charge in [0.05, 0.1) is 11.6 Å². The highest BCUT2D eigenvalue weighted by Crippen LogP contribution is 2.43. The fourth-order valence-corrected chi connectivity index (χ4v) is 4.32. The molecule has 0 aromatic heterocycles. The summed E-state index contributed by atoms with van der Waals surface area (Å²) in [6, 6.07) is 7.64. The molecule has 0 radical (unpaired) electrons. The summed E-state index contributed by atoms with van der Waals surface area (Å²) >= 11 is 0. The van der Waals surface area contributed by atoms with Gasteiger partial charge in [-0.2, -0.15) is 5.26 Å². The van der Waals surface area contributed by atoms with Gasteiger partial charge >= 0.3 is 12.0 Å². The number of hydrogen-bond donors (Lipinski definition) is 2. The molecule has 1 heterocycles. The first kappa shape index (κ1) is 23.3. The number of ether oxygens (including phenoxy) is 1. The first-order chi connectivity index (χ1) is 15.0. The highest BCUT2D eigenvalue weighted by molar-refractivity contribution is 6.08. The van der Waals surface area contributed by atoms with Crippen LogP contribution in [0.4, 0.5) is 10.5 Å². The average Bonchev–Trinajstić information content (AvgIpc) is 2.96. The first-order valence-electron chi connectivity index (χ1n) is 10.6. The predicted octanol–water partition coefficient (Wildman–Crippen LogP) is 2.57. The maximum Gasteiger partial charge on any atom is 0.326 e. The number of carbonyl (C=O) groups excluding carboxylic acids is 4. The molecule has 0 bridgehead atoms. The van der Waals surface area contributed by atoms with Crippen molar-refractivity contribution in [3.63, 3.8) is 0 Å². The molecule has 32 heavy (non-hydrogen) atoms. The molecule has 1 aliphatic heterocycles. The Hall–Kier alpha value is -3.41. The number of amides is 4. The Morgan fingerprint density at radius 3 is 2.59 bits per heavy atom. The van der Waals surface area contributed by atoms with Crippen molar-refractivity contribution >= 4 is 29.5 Å². The van der Waals surface area contributed by atoms with Gasteiger partial charge in [-0.15, -0.1) is 0 Å². The molecule has 1 spiro atoms. The molecular formula is C23H28N4O5. The normalized spacial score (nSPS) is 22.9. The summed E-state index contributed by atoms with van der Waals surface area (Å²) in [5, 5.41) is 14.2. The third-order valence-corrected chi connectivity index (χ3v) is 6.24. The number of nitrogens with zero attached hydrogens (tertiary/aromatic N) is 2. The van der Waals surface area contributed by atoms with Crippen LogP contribution < -0.4 is 10.6 Å². The lowest BCUT2D eigenvalue weighted by Crippen LogP contribution is -2.50. The van der Waals surface area contributed by atoms with Crippen molar-refractivity contribution < 1.29 is 23.9 Å². The summed E-state index contributed by atoms with van der Waals surface area (Å²) in [4.78, 5) is 50.4. The van der Waals surface area contributed by atoms with E-state index < -0.39 is 42.5 Å². The quantitative estimate of drug-likeness (QED) is 0.535. The third-order valence-electron chi connectivity index (χ3n) is 6.24. The standard InChI is InChI=1S/C23H28N4O5/c1-22(2,3)16-7-9-23(10-8-16)20(30)27(21(31)26-23)13-19(29)32-14-18(28)25-17-6-4-5-15(11-17)12-24/h4-6,11,16H,7-10,13-14H2,1-3H3,(H,25,28)(H,26,31). The molecule has 2 N–H and O–H groups in total. The maximum absolute atomic E-state index is 13.0. The summed E-state index contributed by atoms with van der Waals surface area (Å²) in [5.41, 5.74) is -0.0500. The zero-order valence-electron chi connectivity index (χ0n) is 18.6. The van der Waals surface area contributed by atoms with Crippen LogP contribution in [0.25, 0.3) is 0 Å². The molecule has 0 atom stereocenters. The van der Waals surface area contributed by atoms with Crippen LogP contribution in [0.1, 0.15) is 52.0 Å². The van der Waals surface area contributed by atoms with Gasteiger partial charge in [0.15, 0.2) is 6.61 Å². The molecule has 9 heteroatoms. The van der Waals surface area contributed by atoms with Crippen LogP contribution in [0.3, 0.4) is 0 Å². The summed E-state index contributed by atoms with van der Waals surface area (Å²) in [5.74, 6) is -1.40. The molecular weight excluding hydrogens is 412 g/mol. The number of imide groups is 1. The second-order valence-electron chi connectivity index (χ2n) is 9.45. The zero-order valence-corrected chi connectivity index (χ0v) is 18.6. The summed E-state index contributed by atoms with van der Waals surface area (Å²) in [6.07, 6.45) is 2.71. The van der Waals surface area contributed by atoms with E-state index in [1.165, 1.54) is 6.07 Å². The fourth-order valence-electron chi connectivity index (χ4n) is 4.32. The van der Waals surface area contributed by atoms with Gasteiger partial charge in [0.1, 0.15) is 12.1 Å². The van der Waals surface area contributed by atoms with Gasteiger partial charge in [0.2, 0.25) is 0 Å². The minimum Gasteiger partial charge on any atom is -0.454 e. The van der Waals surface area contributed by atoms with Crippen LogP contribution >= 0.6 is 0 Å². The van der Waals surface area contributed by atoms with E-state index in [0.29, 0.717) is 30.0 Å². The van der Waals surface area contributed by atoms with E-state index in [4.69, 9.17) is 10.00 Å². The zero-order chi connectivity index (χ0) is 23.5. The number of rotatable bonds is 5. The van der Waals surface area contributed by atoms with Gasteiger partial charge in [0, 0.05) is 5.69 Å². The highest BCUT2D eigenvalue weighted by Gasteiger charge is 2.53. The summed E-state index contributed by atoms with van der Waals surface area (Å²) in [6.45, 7) is 5.39. The number of urea groups is 1. The van der Waals surface area contributed by atoms with E-state index in [1.54, 1.807) is 18.2 Å². The van der Waals surface area contributed by atoms with E-state index in [2.05, 4.69) is 31.4 Å². The van der Waals surface area contributed by atoms with Crippen molar-refractivity contribution in [1.29, 1.82) is 5.26 Å². The van der Waals surface area contributed by atoms with E-state index in [1.807, 2.05) is 6.07 Å². The number of benzene rings is 1. The van der Waals surface area contributed by atoms with Crippen LogP contribution in [0.2, 0.25) is 0 Å². The van der Waals surface area contributed by atoms with Crippen LogP contribution in [0.5, 0.6) is 0 Å². The molecule has 4 amide bonds. The van der Waals surface area contributed by atoms with Crippen LogP contribution in [0.15, 0.2) is 24.3 Å². The lowest BCUT2D eigenvalue weighted by Gasteiger charge is -2.40. The summed E-state index contributed by atoms with van der Waals surface area (Å²) in [7, 11) is 0. The van der Waals surface area contributed by atoms with Gasteiger partial charge in [-0.05, 0) is 55.2 Å². The predicted molar refractivity (Wildman–Crippen MR) is 115 cm³/mol. The largest absolute Gasteiger partial charge is 0.454 e. The lowest BCUT2D eigenvalue weighted by molar-refractivity contribution is -0.150. The monoisotopic (exact) mass is 440 g/mol. The maximum atomic E-state index is 13.0. The Balaban J connectivity index is 1.51. The minimum absolute atomic E-state index is 0.132. The van der Waals surface area contributed by atoms with E-state index >= 15 is 0 Å². The van der Waals surface area contributed by atoms with Gasteiger partial charge in [-0.1, -0.05) is 26.8 Å². The van der Waals surface area contributed by atoms with Gasteiger partial charge in [-0.3, -0.25) is 19.3 Å². The third kappa shape index (κ3) is 5.07. The Labute approximate surface area is 187 Å². The van der Waals surface area contributed by atoms with Gasteiger partial charge in [-0.25, -0.2) is 4.79 Å². The molecule has 2 fully saturated rings. The van der Waals surface area contributed by atoms with E-state index in [0.717, 1.165) is 17.7 Å². The highest BCUT2D eigenvalue weighted by atomic mass is 16.5. The Bertz CT molecular complexity index is 967. The molecule has 9 nitrogen and oxygen atoms in total. The minimum atomic E-state index is -0.956. The number of esters is 1. The van der Waals surface area contributed by atoms with Crippen LogP contribution in [-0.2, 0) is 19.1 Å². The van der Waals surface area contributed by atoms with Crippen LogP contribution in [-0.4, -0.2) is 47.4 Å². The second kappa shape index (κ2) is 8.99. The Morgan fingerprint density at radius 1 is 1.28 bits per heavy atom. The Morgan fingerprint density at radius 2 is 1.97 bits per heavy atom. The smallest absolute Gasteiger partial charge is 0.326 e. The Kier molecular flexibility index (Phi) is 6.53. The van der Waals surface area contributed by atoms with Crippen LogP contribution in [0, 0.1) is 22.7 Å². The lowest BCUT2D eigenvalue weighted by atomic mass is 9.67. The molecule has 1 aromatic rings. The molecule has 0 unspecified atom stereocenters. The van der Waals surface area contributed by atoms with Crippen molar-refractivity contribution in [3.05, 3.63) is 29.8 Å². The molecule has 170 valence electrons. The molecule has 1 saturated carbocycles. The first-order valence-corrected chi connectivity index (χ1v) is 10.6. The molecule has 1 aliphatic carbocycles. The van der Waals surface area contributed by atoms with Crippen molar-refractivity contribution in [2.75, 3.05) is 18.5 Å². The molecule has 1 aromatic carbocycles. The second-order valence-corrected chi connectivity index (χ2v) is 9.45. The number of carbonyl (C=O) groups is 4. The number of nitrogens with one attached hydrogen (secondary N) is 2. The van der Waals surface area contributed by atoms with Gasteiger partial charge in [0.25, 0.3) is 11.8 Å². The summed E-state index contributed by atoms with van der Waals surface area (Å²) < 4.78 is 4.94. The molecule has 3 rings (SSSR count). The number of hydrogen-bond acceptors (Lipinski definition) is 6. The van der Waals surface area contributed by atoms with E-state index in [9.17, 15) is 19.2 Å². The fraction of sp³-hybridized carbons (Fsp3) is 0.522. The van der Waals surface area contributed by atoms with E-state index in [-0.39, 0.29) is 5.41 Å². The topological polar surface area (TPSA) is 129 Å². The van der Waals surface area contributed by atoms with Gasteiger partial charge < -0.3 is 15.4 Å². The average molecular weight is 441 g/mol. The number of nitriles is 1. The van der Waals surface area contributed by atoms with Crippen molar-refractivity contribution in [1.82, 2.24) is 10.2 Å². The molecule has 1 saturated heterocycles. The SMILES string of the molecule is CC(C)(C)C1CCC2(CC1)NC(=O)N(CC(=O)OCC(=O)Nc1cccc(C#N)c1)C2=O. The van der Waals surface area contributed by atoms with Crippen molar-refractivity contribution in [2.45, 2.75) is 52.0 Å². The number of anilines is 1. The van der Waals surface area contributed by atoms with Crippen molar-refractivity contribution in [2.24, 2.45) is 11.3 Å². The van der Waals surface area contributed by atoms with Crippen molar-refractivity contribution in [3.8, 4) is 6.07 Å².